The number of amides is 1. The first kappa shape index (κ1) is 29.2. The molecule has 4 rings (SSSR count). The Balaban J connectivity index is 1.67. The lowest BCUT2D eigenvalue weighted by Crippen LogP contribution is -2.52. The number of anilines is 1. The van der Waals surface area contributed by atoms with E-state index in [0.29, 0.717) is 24.3 Å². The Hall–Kier alpha value is -3.79. The smallest absolute Gasteiger partial charge is 0.326 e. The highest BCUT2D eigenvalue weighted by Crippen LogP contribution is 2.38. The molecule has 0 radical (unpaired) electrons. The van der Waals surface area contributed by atoms with Gasteiger partial charge in [-0.1, -0.05) is 30.3 Å². The average molecular weight is 551 g/mol. The number of hydrogen-bond acceptors (Lipinski definition) is 6. The van der Waals surface area contributed by atoms with Gasteiger partial charge in [0.25, 0.3) is 5.91 Å². The molecular weight excluding hydrogens is 515 g/mol. The highest BCUT2D eigenvalue weighted by atomic mass is 19.1. The van der Waals surface area contributed by atoms with E-state index in [1.807, 2.05) is 50.2 Å². The van der Waals surface area contributed by atoms with E-state index < -0.39 is 30.0 Å². The molecule has 1 saturated heterocycles. The van der Waals surface area contributed by atoms with Gasteiger partial charge in [0.05, 0.1) is 13.7 Å². The van der Waals surface area contributed by atoms with Crippen molar-refractivity contribution in [1.29, 1.82) is 0 Å². The van der Waals surface area contributed by atoms with Gasteiger partial charge in [-0.15, -0.1) is 0 Å². The molecule has 3 aromatic rings. The monoisotopic (exact) mass is 550 g/mol. The Morgan fingerprint density at radius 3 is 2.40 bits per heavy atom. The van der Waals surface area contributed by atoms with Gasteiger partial charge in [-0.05, 0) is 85.2 Å². The van der Waals surface area contributed by atoms with E-state index in [-0.39, 0.29) is 23.8 Å². The second kappa shape index (κ2) is 12.2. The fourth-order valence-electron chi connectivity index (χ4n) is 4.90. The third-order valence-corrected chi connectivity index (χ3v) is 7.57. The number of ether oxygens (including phenoxy) is 2. The van der Waals surface area contributed by atoms with Crippen LogP contribution in [0.4, 0.5) is 10.1 Å². The van der Waals surface area contributed by atoms with Gasteiger partial charge in [-0.2, -0.15) is 0 Å². The fourth-order valence-corrected chi connectivity index (χ4v) is 4.90. The molecule has 1 heterocycles. The van der Waals surface area contributed by atoms with Crippen molar-refractivity contribution < 1.29 is 33.7 Å². The SMILES string of the molecule is COc1cc(-c2cccc(-c3cccc(NC(=O)C4CCCO4)c3C)c2C)cc(F)c1CN[C@@](C)(CO)C(=O)O. The summed E-state index contributed by atoms with van der Waals surface area (Å²) >= 11 is 0. The Labute approximate surface area is 233 Å². The third kappa shape index (κ3) is 5.86. The molecule has 9 heteroatoms. The van der Waals surface area contributed by atoms with Crippen molar-refractivity contribution in [2.24, 2.45) is 0 Å². The second-order valence-electron chi connectivity index (χ2n) is 10.2. The molecule has 3 aromatic carbocycles. The minimum absolute atomic E-state index is 0.150. The molecule has 0 aromatic heterocycles. The van der Waals surface area contributed by atoms with E-state index in [0.717, 1.165) is 34.2 Å². The summed E-state index contributed by atoms with van der Waals surface area (Å²) < 4.78 is 26.4. The number of carboxylic acid groups (broad SMARTS) is 1. The quantitative estimate of drug-likeness (QED) is 0.286. The van der Waals surface area contributed by atoms with Crippen LogP contribution in [0.15, 0.2) is 48.5 Å². The topological polar surface area (TPSA) is 117 Å². The van der Waals surface area contributed by atoms with Crippen LogP contribution in [0.2, 0.25) is 0 Å². The molecule has 40 heavy (non-hydrogen) atoms. The molecule has 0 bridgehead atoms. The molecule has 1 aliphatic heterocycles. The molecule has 212 valence electrons. The normalized spacial score (nSPS) is 16.4. The minimum atomic E-state index is -1.63. The van der Waals surface area contributed by atoms with Gasteiger partial charge in [0.15, 0.2) is 0 Å². The number of halogens is 1. The number of carbonyl (C=O) groups excluding carboxylic acids is 1. The molecule has 1 aliphatic rings. The summed E-state index contributed by atoms with van der Waals surface area (Å²) in [5, 5.41) is 24.6. The number of aliphatic carboxylic acids is 1. The maximum atomic E-state index is 15.4. The summed E-state index contributed by atoms with van der Waals surface area (Å²) in [6, 6.07) is 14.6. The molecular formula is C31H35FN2O6. The minimum Gasteiger partial charge on any atom is -0.496 e. The predicted octanol–water partition coefficient (Wildman–Crippen LogP) is 4.83. The lowest BCUT2D eigenvalue weighted by Gasteiger charge is -2.24. The summed E-state index contributed by atoms with van der Waals surface area (Å²) in [4.78, 5) is 24.2. The number of rotatable bonds is 10. The van der Waals surface area contributed by atoms with Crippen molar-refractivity contribution in [3.63, 3.8) is 0 Å². The van der Waals surface area contributed by atoms with Crippen molar-refractivity contribution >= 4 is 17.6 Å². The molecule has 0 aliphatic carbocycles. The molecule has 1 fully saturated rings. The van der Waals surface area contributed by atoms with Crippen LogP contribution in [0.25, 0.3) is 22.3 Å². The third-order valence-electron chi connectivity index (χ3n) is 7.57. The van der Waals surface area contributed by atoms with Crippen molar-refractivity contribution in [3.8, 4) is 28.0 Å². The average Bonchev–Trinajstić information content (AvgIpc) is 3.48. The van der Waals surface area contributed by atoms with E-state index >= 15 is 4.39 Å². The largest absolute Gasteiger partial charge is 0.496 e. The van der Waals surface area contributed by atoms with Crippen LogP contribution in [-0.2, 0) is 20.9 Å². The first-order valence-electron chi connectivity index (χ1n) is 13.2. The zero-order valence-electron chi connectivity index (χ0n) is 23.1. The highest BCUT2D eigenvalue weighted by molar-refractivity contribution is 5.96. The van der Waals surface area contributed by atoms with Gasteiger partial charge in [-0.3, -0.25) is 14.9 Å². The van der Waals surface area contributed by atoms with E-state index in [1.165, 1.54) is 20.1 Å². The van der Waals surface area contributed by atoms with Crippen molar-refractivity contribution in [1.82, 2.24) is 5.32 Å². The lowest BCUT2D eigenvalue weighted by atomic mass is 9.90. The number of methoxy groups -OCH3 is 1. The van der Waals surface area contributed by atoms with Gasteiger partial charge >= 0.3 is 5.97 Å². The van der Waals surface area contributed by atoms with Crippen molar-refractivity contribution in [2.45, 2.75) is 51.8 Å². The van der Waals surface area contributed by atoms with Crippen LogP contribution < -0.4 is 15.4 Å². The van der Waals surface area contributed by atoms with Gasteiger partial charge in [0.2, 0.25) is 0 Å². The number of carbonyl (C=O) groups is 2. The van der Waals surface area contributed by atoms with E-state index in [4.69, 9.17) is 9.47 Å². The van der Waals surface area contributed by atoms with Crippen LogP contribution in [-0.4, -0.2) is 54.1 Å². The Morgan fingerprint density at radius 1 is 1.10 bits per heavy atom. The zero-order valence-corrected chi connectivity index (χ0v) is 23.1. The molecule has 4 N–H and O–H groups in total. The number of aliphatic hydroxyl groups is 1. The number of carboxylic acids is 1. The number of aliphatic hydroxyl groups excluding tert-OH is 1. The van der Waals surface area contributed by atoms with Crippen LogP contribution in [0.3, 0.4) is 0 Å². The van der Waals surface area contributed by atoms with Crippen LogP contribution in [0.1, 0.15) is 36.5 Å². The predicted molar refractivity (Wildman–Crippen MR) is 151 cm³/mol. The first-order chi connectivity index (χ1) is 19.1. The molecule has 0 spiro atoms. The van der Waals surface area contributed by atoms with Gasteiger partial charge < -0.3 is 25.0 Å². The Morgan fingerprint density at radius 2 is 1.77 bits per heavy atom. The van der Waals surface area contributed by atoms with Crippen LogP contribution in [0.5, 0.6) is 5.75 Å². The van der Waals surface area contributed by atoms with Crippen molar-refractivity contribution in [3.05, 3.63) is 71.0 Å². The van der Waals surface area contributed by atoms with Gasteiger partial charge in [0, 0.05) is 24.4 Å². The number of hydrogen-bond donors (Lipinski definition) is 4. The Kier molecular flexibility index (Phi) is 8.88. The van der Waals surface area contributed by atoms with E-state index in [1.54, 1.807) is 6.07 Å². The summed E-state index contributed by atoms with van der Waals surface area (Å²) in [5.41, 5.74) is 4.34. The first-order valence-corrected chi connectivity index (χ1v) is 13.2. The zero-order chi connectivity index (χ0) is 29.0. The number of nitrogens with one attached hydrogen (secondary N) is 2. The molecule has 8 nitrogen and oxygen atoms in total. The molecule has 1 unspecified atom stereocenters. The standard InChI is InChI=1S/C31H35FN2O6/c1-18-21(20-14-25(32)24(28(15-20)39-4)16-33-31(3,17-35)30(37)38)8-5-9-22(18)23-10-6-11-26(19(23)2)34-29(36)27-12-7-13-40-27/h5-6,8-11,14-15,27,33,35H,7,12-13,16-17H2,1-4H3,(H,34,36)(H,37,38)/t27?,31-/m0/s1. The van der Waals surface area contributed by atoms with Crippen LogP contribution in [0, 0.1) is 19.7 Å². The summed E-state index contributed by atoms with van der Waals surface area (Å²) in [7, 11) is 1.42. The van der Waals surface area contributed by atoms with Crippen LogP contribution >= 0.6 is 0 Å². The molecule has 2 atom stereocenters. The Bertz CT molecular complexity index is 1420. The number of benzene rings is 3. The fraction of sp³-hybridized carbons (Fsp3) is 0.355. The molecule has 1 amide bonds. The van der Waals surface area contributed by atoms with E-state index in [2.05, 4.69) is 10.6 Å². The summed E-state index contributed by atoms with van der Waals surface area (Å²) in [6.45, 7) is 5.02. The highest BCUT2D eigenvalue weighted by Gasteiger charge is 2.32. The molecule has 0 saturated carbocycles. The van der Waals surface area contributed by atoms with Gasteiger partial charge in [-0.25, -0.2) is 4.39 Å². The van der Waals surface area contributed by atoms with Crippen molar-refractivity contribution in [2.75, 3.05) is 25.6 Å². The summed E-state index contributed by atoms with van der Waals surface area (Å²) in [6.07, 6.45) is 1.15. The maximum absolute atomic E-state index is 15.4. The maximum Gasteiger partial charge on any atom is 0.326 e. The van der Waals surface area contributed by atoms with Gasteiger partial charge in [0.1, 0.15) is 23.2 Å². The lowest BCUT2D eigenvalue weighted by molar-refractivity contribution is -0.146. The van der Waals surface area contributed by atoms with E-state index in [9.17, 15) is 19.8 Å². The second-order valence-corrected chi connectivity index (χ2v) is 10.2. The summed E-state index contributed by atoms with van der Waals surface area (Å²) in [5.74, 6) is -1.70.